The first-order valence-corrected chi connectivity index (χ1v) is 16.7. The highest BCUT2D eigenvalue weighted by molar-refractivity contribution is 14.1. The minimum absolute atomic E-state index is 0. The molecular weight excluding hydrogens is 976 g/mol. The number of hydrogen-bond acceptors (Lipinski definition) is 8. The van der Waals surface area contributed by atoms with Crippen molar-refractivity contribution in [3.05, 3.63) is 0 Å². The molecule has 0 radical (unpaired) electrons. The highest BCUT2D eigenvalue weighted by Crippen LogP contribution is 2.49. The van der Waals surface area contributed by atoms with Crippen molar-refractivity contribution in [2.45, 2.75) is 52.6 Å². The van der Waals surface area contributed by atoms with Crippen LogP contribution >= 0.6 is 45.2 Å². The number of carbonyl (C=O) groups is 4. The summed E-state index contributed by atoms with van der Waals surface area (Å²) in [6.45, 7) is 11.5. The SMILES string of the molecule is CCOC(=O)C1(C(=O)OCC)CC(CI)[N+]2(CC[N+]3(CC2)CC(C(=O)OCC)(C(=O)OCC)CC3CI)C1.[I-].[I-]. The third kappa shape index (κ3) is 7.00. The molecule has 3 heterocycles. The van der Waals surface area contributed by atoms with Crippen LogP contribution in [0.5, 0.6) is 0 Å². The van der Waals surface area contributed by atoms with Crippen LogP contribution in [0.3, 0.4) is 0 Å². The third-order valence-electron chi connectivity index (χ3n) is 8.89. The maximum atomic E-state index is 13.2. The van der Waals surface area contributed by atoms with Crippen LogP contribution in [0.4, 0.5) is 0 Å². The Kier molecular flexibility index (Phi) is 15.6. The zero-order valence-corrected chi connectivity index (χ0v) is 32.4. The van der Waals surface area contributed by atoms with Gasteiger partial charge in [-0.2, -0.15) is 0 Å². The molecule has 3 fully saturated rings. The zero-order valence-electron chi connectivity index (χ0n) is 23.7. The topological polar surface area (TPSA) is 105 Å². The zero-order chi connectivity index (χ0) is 28.2. The number of alkyl halides is 2. The molecular formula is C26H42I4N2O8. The molecule has 0 aromatic heterocycles. The maximum absolute atomic E-state index is 13.2. The second kappa shape index (κ2) is 16.2. The monoisotopic (exact) mass is 1020 g/mol. The van der Waals surface area contributed by atoms with Gasteiger partial charge in [-0.1, -0.05) is 45.2 Å². The molecule has 0 aliphatic carbocycles. The predicted molar refractivity (Wildman–Crippen MR) is 156 cm³/mol. The fraction of sp³-hybridized carbons (Fsp3) is 0.846. The Morgan fingerprint density at radius 3 is 1.05 bits per heavy atom. The number of esters is 4. The van der Waals surface area contributed by atoms with Crippen molar-refractivity contribution >= 4 is 69.1 Å². The standard InChI is InChI=1S/C26H42I2N2O8.2HI/c1-5-35-21(31)25(22(32)36-6-2)13-19(15-27)29(17-25)9-11-30(12-10-29)18-26(14-20(30)16-28,23(33)37-7-3)24(34)38-8-4;;/h19-20H,5-18H2,1-4H3;2*1H/q+2;;/p-2. The maximum Gasteiger partial charge on any atom is 0.329 e. The smallest absolute Gasteiger partial charge is 0.329 e. The van der Waals surface area contributed by atoms with Crippen LogP contribution in [-0.2, 0) is 38.1 Å². The van der Waals surface area contributed by atoms with Crippen molar-refractivity contribution in [3.63, 3.8) is 0 Å². The van der Waals surface area contributed by atoms with Gasteiger partial charge in [-0.05, 0) is 27.7 Å². The Bertz CT molecular complexity index is 805. The van der Waals surface area contributed by atoms with Crippen LogP contribution < -0.4 is 48.0 Å². The van der Waals surface area contributed by atoms with Gasteiger partial charge in [-0.3, -0.25) is 19.2 Å². The molecule has 232 valence electrons. The van der Waals surface area contributed by atoms with Crippen molar-refractivity contribution in [2.75, 3.05) is 74.6 Å². The molecule has 2 unspecified atom stereocenters. The van der Waals surface area contributed by atoms with Crippen LogP contribution in [0.15, 0.2) is 0 Å². The van der Waals surface area contributed by atoms with Crippen molar-refractivity contribution in [1.82, 2.24) is 0 Å². The third-order valence-corrected chi connectivity index (χ3v) is 10.9. The molecule has 14 heteroatoms. The normalized spacial score (nSPS) is 29.6. The van der Waals surface area contributed by atoms with E-state index in [4.69, 9.17) is 18.9 Å². The summed E-state index contributed by atoms with van der Waals surface area (Å²) < 4.78 is 24.5. The van der Waals surface area contributed by atoms with Gasteiger partial charge < -0.3 is 75.9 Å². The van der Waals surface area contributed by atoms with Crippen LogP contribution in [0.2, 0.25) is 0 Å². The molecule has 0 aromatic carbocycles. The summed E-state index contributed by atoms with van der Waals surface area (Å²) in [5.41, 5.74) is -2.62. The number of halogens is 4. The Morgan fingerprint density at radius 2 is 0.850 bits per heavy atom. The highest BCUT2D eigenvalue weighted by atomic mass is 127. The Hall–Kier alpha value is 0.720. The number of rotatable bonds is 10. The Morgan fingerprint density at radius 1 is 0.600 bits per heavy atom. The Labute approximate surface area is 299 Å². The molecule has 3 rings (SSSR count). The van der Waals surface area contributed by atoms with Gasteiger partial charge in [-0.15, -0.1) is 0 Å². The molecule has 0 bridgehead atoms. The second-order valence-electron chi connectivity index (χ2n) is 10.7. The summed E-state index contributed by atoms with van der Waals surface area (Å²) in [4.78, 5) is 52.9. The lowest BCUT2D eigenvalue weighted by atomic mass is 9.85. The first-order valence-electron chi connectivity index (χ1n) is 13.6. The van der Waals surface area contributed by atoms with Gasteiger partial charge in [-0.25, -0.2) is 0 Å². The van der Waals surface area contributed by atoms with Crippen LogP contribution in [0, 0.1) is 10.8 Å². The molecule has 0 amide bonds. The lowest BCUT2D eigenvalue weighted by molar-refractivity contribution is -1.04. The lowest BCUT2D eigenvalue weighted by Crippen LogP contribution is -3.00. The van der Waals surface area contributed by atoms with E-state index < -0.39 is 34.7 Å². The van der Waals surface area contributed by atoms with Gasteiger partial charge in [0.1, 0.15) is 51.4 Å². The van der Waals surface area contributed by atoms with Gasteiger partial charge in [0, 0.05) is 12.8 Å². The van der Waals surface area contributed by atoms with E-state index in [1.807, 2.05) is 0 Å². The molecule has 3 aliphatic heterocycles. The number of nitrogens with zero attached hydrogens (tertiary/aromatic N) is 2. The van der Waals surface area contributed by atoms with Gasteiger partial charge in [0.2, 0.25) is 10.8 Å². The fourth-order valence-corrected chi connectivity index (χ4v) is 9.25. The average molecular weight is 1020 g/mol. The van der Waals surface area contributed by atoms with Crippen LogP contribution in [0.1, 0.15) is 40.5 Å². The first kappa shape index (κ1) is 38.7. The van der Waals surface area contributed by atoms with E-state index in [-0.39, 0.29) is 86.5 Å². The number of carbonyl (C=O) groups excluding carboxylic acids is 4. The predicted octanol–water partition coefficient (Wildman–Crippen LogP) is -3.72. The van der Waals surface area contributed by atoms with Crippen molar-refractivity contribution in [2.24, 2.45) is 10.8 Å². The summed E-state index contributed by atoms with van der Waals surface area (Å²) in [5.74, 6) is -1.97. The molecule has 40 heavy (non-hydrogen) atoms. The summed E-state index contributed by atoms with van der Waals surface area (Å²) in [5, 5.41) is 0. The lowest BCUT2D eigenvalue weighted by Gasteiger charge is -2.51. The quantitative estimate of drug-likeness (QED) is 0.0551. The molecule has 0 N–H and O–H groups in total. The van der Waals surface area contributed by atoms with E-state index >= 15 is 0 Å². The summed E-state index contributed by atoms with van der Waals surface area (Å²) >= 11 is 4.70. The molecule has 3 saturated heterocycles. The number of ether oxygens (including phenoxy) is 4. The molecule has 0 saturated carbocycles. The molecule has 3 aliphatic rings. The largest absolute Gasteiger partial charge is 1.00 e. The summed E-state index contributed by atoms with van der Waals surface area (Å²) in [6.07, 6.45) is 0.803. The number of quaternary nitrogens is 2. The minimum atomic E-state index is -1.31. The second-order valence-corrected chi connectivity index (χ2v) is 12.5. The van der Waals surface area contributed by atoms with Crippen molar-refractivity contribution < 1.29 is 95.0 Å². The summed E-state index contributed by atoms with van der Waals surface area (Å²) in [6, 6.07) is 0.204. The molecule has 2 spiro atoms. The van der Waals surface area contributed by atoms with Gasteiger partial charge >= 0.3 is 23.9 Å². The molecule has 2 atom stereocenters. The average Bonchev–Trinajstić information content (AvgIpc) is 3.41. The summed E-state index contributed by atoms with van der Waals surface area (Å²) in [7, 11) is 0. The molecule has 0 aromatic rings. The van der Waals surface area contributed by atoms with Crippen molar-refractivity contribution in [1.29, 1.82) is 0 Å². The Balaban J connectivity index is 0.00000400. The first-order chi connectivity index (χ1) is 18.1. The van der Waals surface area contributed by atoms with Gasteiger partial charge in [0.15, 0.2) is 0 Å². The van der Waals surface area contributed by atoms with E-state index in [0.717, 1.165) is 35.0 Å². The van der Waals surface area contributed by atoms with E-state index in [0.29, 0.717) is 34.9 Å². The minimum Gasteiger partial charge on any atom is -1.00 e. The van der Waals surface area contributed by atoms with Gasteiger partial charge in [0.25, 0.3) is 0 Å². The van der Waals surface area contributed by atoms with E-state index in [2.05, 4.69) is 45.2 Å². The fourth-order valence-electron chi connectivity index (χ4n) is 6.96. The van der Waals surface area contributed by atoms with E-state index in [1.165, 1.54) is 0 Å². The highest BCUT2D eigenvalue weighted by Gasteiger charge is 2.70. The van der Waals surface area contributed by atoms with Crippen molar-refractivity contribution in [3.8, 4) is 0 Å². The van der Waals surface area contributed by atoms with E-state index in [1.54, 1.807) is 27.7 Å². The van der Waals surface area contributed by atoms with Crippen LogP contribution in [-0.4, -0.2) is 119 Å². The van der Waals surface area contributed by atoms with Crippen LogP contribution in [0.25, 0.3) is 0 Å². The number of hydrogen-bond donors (Lipinski definition) is 0. The molecule has 10 nitrogen and oxygen atoms in total. The number of piperazine rings is 1. The van der Waals surface area contributed by atoms with Gasteiger partial charge in [0.05, 0.1) is 35.3 Å². The van der Waals surface area contributed by atoms with E-state index in [9.17, 15) is 19.2 Å².